The van der Waals surface area contributed by atoms with E-state index in [4.69, 9.17) is 16.3 Å². The molecule has 0 saturated carbocycles. The lowest BCUT2D eigenvalue weighted by atomic mass is 10.2. The fraction of sp³-hybridized carbons (Fsp3) is 0.500. The summed E-state index contributed by atoms with van der Waals surface area (Å²) in [4.78, 5) is 26.0. The third-order valence-electron chi connectivity index (χ3n) is 3.70. The zero-order valence-electron chi connectivity index (χ0n) is 12.7. The molecule has 1 N–H and O–H groups in total. The van der Waals surface area contributed by atoms with Crippen LogP contribution in [0, 0.1) is 0 Å². The van der Waals surface area contributed by atoms with Gasteiger partial charge in [0.15, 0.2) is 0 Å². The average molecular weight is 325 g/mol. The van der Waals surface area contributed by atoms with Crippen LogP contribution in [-0.4, -0.2) is 49.1 Å². The van der Waals surface area contributed by atoms with Crippen molar-refractivity contribution in [3.05, 3.63) is 34.9 Å². The van der Waals surface area contributed by atoms with E-state index >= 15 is 0 Å². The van der Waals surface area contributed by atoms with Crippen molar-refractivity contribution in [3.8, 4) is 0 Å². The Bertz CT molecular complexity index is 530. The van der Waals surface area contributed by atoms with Gasteiger partial charge in [0.2, 0.25) is 5.91 Å². The van der Waals surface area contributed by atoms with Gasteiger partial charge in [-0.1, -0.05) is 23.7 Å². The first-order valence-corrected chi connectivity index (χ1v) is 7.91. The number of amides is 2. The predicted molar refractivity (Wildman–Crippen MR) is 85.0 cm³/mol. The summed E-state index contributed by atoms with van der Waals surface area (Å²) in [5, 5.41) is 3.00. The van der Waals surface area contributed by atoms with Crippen molar-refractivity contribution < 1.29 is 14.3 Å². The van der Waals surface area contributed by atoms with E-state index in [1.165, 1.54) is 0 Å². The number of likely N-dealkylation sites (N-methyl/N-ethyl adjacent to an activating group) is 1. The monoisotopic (exact) mass is 324 g/mol. The third-order valence-corrected chi connectivity index (χ3v) is 4.03. The Morgan fingerprint density at radius 1 is 1.41 bits per heavy atom. The summed E-state index contributed by atoms with van der Waals surface area (Å²) in [6, 6.07) is 6.77. The van der Waals surface area contributed by atoms with Gasteiger partial charge in [-0.25, -0.2) is 0 Å². The van der Waals surface area contributed by atoms with Gasteiger partial charge in [0.25, 0.3) is 5.91 Å². The first-order chi connectivity index (χ1) is 10.6. The summed E-state index contributed by atoms with van der Waals surface area (Å²) in [5.74, 6) is -0.453. The summed E-state index contributed by atoms with van der Waals surface area (Å²) in [6.07, 6.45) is 2.14. The SMILES string of the molecule is CCN(C[C@H]1CCCO1)C(=O)CNC(=O)c1ccccc1Cl. The molecule has 1 aromatic rings. The van der Waals surface area contributed by atoms with E-state index in [1.807, 2.05) is 6.92 Å². The molecular formula is C16H21ClN2O3. The van der Waals surface area contributed by atoms with E-state index < -0.39 is 0 Å². The summed E-state index contributed by atoms with van der Waals surface area (Å²) in [5.41, 5.74) is 0.374. The summed E-state index contributed by atoms with van der Waals surface area (Å²) >= 11 is 5.96. The highest BCUT2D eigenvalue weighted by atomic mass is 35.5. The molecule has 0 aliphatic carbocycles. The first kappa shape index (κ1) is 16.8. The van der Waals surface area contributed by atoms with E-state index in [0.29, 0.717) is 23.7 Å². The molecule has 1 heterocycles. The van der Waals surface area contributed by atoms with Crippen LogP contribution in [0.5, 0.6) is 0 Å². The summed E-state index contributed by atoms with van der Waals surface area (Å²) in [7, 11) is 0. The molecule has 6 heteroatoms. The van der Waals surface area contributed by atoms with Gasteiger partial charge >= 0.3 is 0 Å². The second-order valence-electron chi connectivity index (χ2n) is 5.23. The standard InChI is InChI=1S/C16H21ClN2O3/c1-2-19(11-12-6-5-9-22-12)15(20)10-18-16(21)13-7-3-4-8-14(13)17/h3-4,7-8,12H,2,5-6,9-11H2,1H3,(H,18,21)/t12-/m1/s1. The number of hydrogen-bond acceptors (Lipinski definition) is 3. The third kappa shape index (κ3) is 4.45. The average Bonchev–Trinajstić information content (AvgIpc) is 3.03. The van der Waals surface area contributed by atoms with Gasteiger partial charge in [0.1, 0.15) is 0 Å². The lowest BCUT2D eigenvalue weighted by Crippen LogP contribution is -2.43. The van der Waals surface area contributed by atoms with Crippen LogP contribution in [0.4, 0.5) is 0 Å². The Hall–Kier alpha value is -1.59. The highest BCUT2D eigenvalue weighted by Crippen LogP contribution is 2.15. The number of carbonyl (C=O) groups is 2. The maximum atomic E-state index is 12.2. The molecule has 1 fully saturated rings. The molecule has 0 unspecified atom stereocenters. The van der Waals surface area contributed by atoms with Crippen LogP contribution < -0.4 is 5.32 Å². The highest BCUT2D eigenvalue weighted by Gasteiger charge is 2.22. The smallest absolute Gasteiger partial charge is 0.253 e. The van der Waals surface area contributed by atoms with E-state index in [2.05, 4.69) is 5.32 Å². The maximum Gasteiger partial charge on any atom is 0.253 e. The molecule has 120 valence electrons. The Morgan fingerprint density at radius 2 is 2.18 bits per heavy atom. The zero-order valence-corrected chi connectivity index (χ0v) is 13.4. The van der Waals surface area contributed by atoms with E-state index in [1.54, 1.807) is 29.2 Å². The molecule has 0 bridgehead atoms. The molecule has 22 heavy (non-hydrogen) atoms. The zero-order chi connectivity index (χ0) is 15.9. The van der Waals surface area contributed by atoms with E-state index in [9.17, 15) is 9.59 Å². The van der Waals surface area contributed by atoms with Crippen LogP contribution >= 0.6 is 11.6 Å². The fourth-order valence-electron chi connectivity index (χ4n) is 2.45. The Labute approximate surface area is 135 Å². The molecule has 0 spiro atoms. The number of halogens is 1. The molecule has 5 nitrogen and oxygen atoms in total. The van der Waals surface area contributed by atoms with Crippen LogP contribution in [0.25, 0.3) is 0 Å². The van der Waals surface area contributed by atoms with Crippen LogP contribution in [-0.2, 0) is 9.53 Å². The lowest BCUT2D eigenvalue weighted by molar-refractivity contribution is -0.131. The van der Waals surface area contributed by atoms with Gasteiger partial charge < -0.3 is 15.0 Å². The van der Waals surface area contributed by atoms with Crippen molar-refractivity contribution >= 4 is 23.4 Å². The van der Waals surface area contributed by atoms with Crippen LogP contribution in [0.2, 0.25) is 5.02 Å². The number of rotatable bonds is 6. The Balaban J connectivity index is 1.85. The van der Waals surface area contributed by atoms with Crippen molar-refractivity contribution in [2.24, 2.45) is 0 Å². The van der Waals surface area contributed by atoms with Crippen molar-refractivity contribution in [2.45, 2.75) is 25.9 Å². The highest BCUT2D eigenvalue weighted by molar-refractivity contribution is 6.33. The number of ether oxygens (including phenoxy) is 1. The summed E-state index contributed by atoms with van der Waals surface area (Å²) < 4.78 is 5.55. The molecule has 1 atom stereocenters. The number of hydrogen-bond donors (Lipinski definition) is 1. The van der Waals surface area contributed by atoms with Gasteiger partial charge in [0, 0.05) is 19.7 Å². The van der Waals surface area contributed by atoms with Crippen molar-refractivity contribution in [1.29, 1.82) is 0 Å². The fourth-order valence-corrected chi connectivity index (χ4v) is 2.67. The van der Waals surface area contributed by atoms with Crippen LogP contribution in [0.1, 0.15) is 30.1 Å². The normalized spacial score (nSPS) is 17.3. The first-order valence-electron chi connectivity index (χ1n) is 7.54. The number of nitrogens with one attached hydrogen (secondary N) is 1. The van der Waals surface area contributed by atoms with Gasteiger partial charge in [-0.15, -0.1) is 0 Å². The number of carbonyl (C=O) groups excluding carboxylic acids is 2. The second-order valence-corrected chi connectivity index (χ2v) is 5.64. The number of nitrogens with zero attached hydrogens (tertiary/aromatic N) is 1. The molecule has 2 amide bonds. The molecule has 2 rings (SSSR count). The molecule has 1 aliphatic rings. The number of benzene rings is 1. The molecule has 0 radical (unpaired) electrons. The summed E-state index contributed by atoms with van der Waals surface area (Å²) in [6.45, 7) is 3.82. The van der Waals surface area contributed by atoms with Gasteiger partial charge in [-0.05, 0) is 31.9 Å². The van der Waals surface area contributed by atoms with Crippen molar-refractivity contribution in [1.82, 2.24) is 10.2 Å². The van der Waals surface area contributed by atoms with Crippen LogP contribution in [0.3, 0.4) is 0 Å². The minimum Gasteiger partial charge on any atom is -0.376 e. The minimum absolute atomic E-state index is 0.0371. The van der Waals surface area contributed by atoms with Crippen molar-refractivity contribution in [3.63, 3.8) is 0 Å². The van der Waals surface area contributed by atoms with Gasteiger partial charge in [-0.2, -0.15) is 0 Å². The topological polar surface area (TPSA) is 58.6 Å². The van der Waals surface area contributed by atoms with Gasteiger partial charge in [0.05, 0.1) is 23.2 Å². The van der Waals surface area contributed by atoms with E-state index in [-0.39, 0.29) is 24.5 Å². The maximum absolute atomic E-state index is 12.2. The molecule has 0 aromatic heterocycles. The Kier molecular flexibility index (Phi) is 6.21. The molecule has 1 aliphatic heterocycles. The Morgan fingerprint density at radius 3 is 2.82 bits per heavy atom. The van der Waals surface area contributed by atoms with Crippen molar-refractivity contribution in [2.75, 3.05) is 26.2 Å². The molecule has 1 aromatic carbocycles. The predicted octanol–water partition coefficient (Wildman–Crippen LogP) is 2.10. The van der Waals surface area contributed by atoms with Crippen LogP contribution in [0.15, 0.2) is 24.3 Å². The second kappa shape index (κ2) is 8.15. The lowest BCUT2D eigenvalue weighted by Gasteiger charge is -2.24. The quantitative estimate of drug-likeness (QED) is 0.871. The van der Waals surface area contributed by atoms with Gasteiger partial charge in [-0.3, -0.25) is 9.59 Å². The van der Waals surface area contributed by atoms with E-state index in [0.717, 1.165) is 19.4 Å². The molecule has 1 saturated heterocycles. The molecular weight excluding hydrogens is 304 g/mol. The largest absolute Gasteiger partial charge is 0.376 e. The minimum atomic E-state index is -0.341.